The summed E-state index contributed by atoms with van der Waals surface area (Å²) in [5.41, 5.74) is 1.22. The zero-order chi connectivity index (χ0) is 18.1. The minimum Gasteiger partial charge on any atom is -0.319 e. The number of halogens is 1. The highest BCUT2D eigenvalue weighted by molar-refractivity contribution is 5.94. The number of carbonyl (C=O) groups is 1. The average molecular weight is 350 g/mol. The van der Waals surface area contributed by atoms with E-state index in [9.17, 15) is 9.18 Å². The Morgan fingerprint density at radius 3 is 2.62 bits per heavy atom. The van der Waals surface area contributed by atoms with Crippen LogP contribution < -0.4 is 4.90 Å². The Morgan fingerprint density at radius 1 is 1.15 bits per heavy atom. The molecule has 1 aromatic carbocycles. The lowest BCUT2D eigenvalue weighted by Gasteiger charge is -2.19. The van der Waals surface area contributed by atoms with Gasteiger partial charge < -0.3 is 4.90 Å². The first-order valence-corrected chi connectivity index (χ1v) is 8.87. The van der Waals surface area contributed by atoms with Crippen LogP contribution in [0, 0.1) is 17.7 Å². The molecule has 2 atom stereocenters. The van der Waals surface area contributed by atoms with Crippen molar-refractivity contribution >= 4 is 12.0 Å². The maximum atomic E-state index is 13.2. The Hall–Kier alpha value is -2.94. The number of fused-ring (bicyclic) bond motifs is 1. The van der Waals surface area contributed by atoms with Gasteiger partial charge in [-0.2, -0.15) is 0 Å². The van der Waals surface area contributed by atoms with Gasteiger partial charge in [0.05, 0.1) is 17.6 Å². The number of urea groups is 1. The standard InChI is InChI=1S/C20H19FN4O/c1-2-24-17-7-4-8-18(17)25(20(24)26)19-22-12-15(13-23-19)10-9-14-5-3-6-16(21)11-14/h3,5-6,11-13,17-18H,2,4,7-8H2,1H3/t17-,18+/m0/s1. The van der Waals surface area contributed by atoms with Gasteiger partial charge in [-0.15, -0.1) is 0 Å². The normalized spacial score (nSPS) is 21.5. The van der Waals surface area contributed by atoms with Crippen molar-refractivity contribution in [1.29, 1.82) is 0 Å². The highest BCUT2D eigenvalue weighted by atomic mass is 19.1. The number of hydrogen-bond acceptors (Lipinski definition) is 3. The van der Waals surface area contributed by atoms with Crippen molar-refractivity contribution < 1.29 is 9.18 Å². The molecular weight excluding hydrogens is 331 g/mol. The number of hydrogen-bond donors (Lipinski definition) is 0. The van der Waals surface area contributed by atoms with E-state index in [2.05, 4.69) is 21.8 Å². The second-order valence-electron chi connectivity index (χ2n) is 6.54. The lowest BCUT2D eigenvalue weighted by molar-refractivity contribution is 0.207. The predicted molar refractivity (Wildman–Crippen MR) is 96.1 cm³/mol. The van der Waals surface area contributed by atoms with Crippen LogP contribution in [-0.2, 0) is 0 Å². The van der Waals surface area contributed by atoms with Crippen molar-refractivity contribution in [1.82, 2.24) is 14.9 Å². The van der Waals surface area contributed by atoms with E-state index in [0.717, 1.165) is 19.3 Å². The van der Waals surface area contributed by atoms with Crippen LogP contribution >= 0.6 is 0 Å². The lowest BCUT2D eigenvalue weighted by atomic mass is 10.2. The molecular formula is C20H19FN4O. The van der Waals surface area contributed by atoms with E-state index in [1.165, 1.54) is 12.1 Å². The zero-order valence-electron chi connectivity index (χ0n) is 14.5. The van der Waals surface area contributed by atoms with Gasteiger partial charge in [0.1, 0.15) is 5.82 Å². The molecule has 0 N–H and O–H groups in total. The van der Waals surface area contributed by atoms with Crippen LogP contribution in [0.4, 0.5) is 15.1 Å². The molecule has 1 saturated carbocycles. The molecule has 2 amide bonds. The quantitative estimate of drug-likeness (QED) is 0.782. The van der Waals surface area contributed by atoms with Gasteiger partial charge in [0, 0.05) is 24.5 Å². The molecule has 2 heterocycles. The van der Waals surface area contributed by atoms with Gasteiger partial charge in [-0.25, -0.2) is 19.2 Å². The van der Waals surface area contributed by atoms with Gasteiger partial charge in [0.25, 0.3) is 0 Å². The Balaban J connectivity index is 1.56. The van der Waals surface area contributed by atoms with Crippen molar-refractivity contribution in [3.63, 3.8) is 0 Å². The number of aromatic nitrogens is 2. The number of carbonyl (C=O) groups excluding carboxylic acids is 1. The maximum Gasteiger partial charge on any atom is 0.327 e. The summed E-state index contributed by atoms with van der Waals surface area (Å²) >= 11 is 0. The van der Waals surface area contributed by atoms with Crippen LogP contribution in [-0.4, -0.2) is 39.5 Å². The first-order valence-electron chi connectivity index (χ1n) is 8.87. The summed E-state index contributed by atoms with van der Waals surface area (Å²) in [6.45, 7) is 2.70. The number of amides is 2. The molecule has 2 aromatic rings. The molecule has 1 aromatic heterocycles. The van der Waals surface area contributed by atoms with E-state index in [1.54, 1.807) is 29.4 Å². The summed E-state index contributed by atoms with van der Waals surface area (Å²) in [7, 11) is 0. The molecule has 0 radical (unpaired) electrons. The first-order chi connectivity index (χ1) is 12.7. The topological polar surface area (TPSA) is 49.3 Å². The first kappa shape index (κ1) is 16.5. The molecule has 0 bridgehead atoms. The van der Waals surface area contributed by atoms with Gasteiger partial charge in [-0.05, 0) is 44.4 Å². The number of benzene rings is 1. The monoisotopic (exact) mass is 350 g/mol. The number of likely N-dealkylation sites (N-methyl/N-ethyl adjacent to an activating group) is 1. The fourth-order valence-electron chi connectivity index (χ4n) is 3.83. The number of anilines is 1. The minimum atomic E-state index is -0.317. The molecule has 26 heavy (non-hydrogen) atoms. The van der Waals surface area contributed by atoms with E-state index >= 15 is 0 Å². The lowest BCUT2D eigenvalue weighted by Crippen LogP contribution is -2.36. The van der Waals surface area contributed by atoms with E-state index in [4.69, 9.17) is 0 Å². The molecule has 6 heteroatoms. The second kappa shape index (κ2) is 6.75. The third-order valence-electron chi connectivity index (χ3n) is 5.00. The third kappa shape index (κ3) is 2.90. The highest BCUT2D eigenvalue weighted by Crippen LogP contribution is 2.36. The number of nitrogens with zero attached hydrogens (tertiary/aromatic N) is 4. The molecule has 2 fully saturated rings. The van der Waals surface area contributed by atoms with Crippen molar-refractivity contribution in [2.75, 3.05) is 11.4 Å². The summed E-state index contributed by atoms with van der Waals surface area (Å²) in [4.78, 5) is 25.1. The third-order valence-corrected chi connectivity index (χ3v) is 5.00. The van der Waals surface area contributed by atoms with Crippen molar-refractivity contribution in [2.24, 2.45) is 0 Å². The van der Waals surface area contributed by atoms with Crippen LogP contribution in [0.5, 0.6) is 0 Å². The Labute approximate surface area is 151 Å². The smallest absolute Gasteiger partial charge is 0.319 e. The summed E-state index contributed by atoms with van der Waals surface area (Å²) in [6, 6.07) is 6.54. The molecule has 2 aliphatic rings. The maximum absolute atomic E-state index is 13.2. The highest BCUT2D eigenvalue weighted by Gasteiger charge is 2.48. The van der Waals surface area contributed by atoms with Gasteiger partial charge in [0.15, 0.2) is 0 Å². The molecule has 4 rings (SSSR count). The van der Waals surface area contributed by atoms with Crippen LogP contribution in [0.2, 0.25) is 0 Å². The summed E-state index contributed by atoms with van der Waals surface area (Å²) in [5.74, 6) is 5.93. The fraction of sp³-hybridized carbons (Fsp3) is 0.350. The molecule has 1 aliphatic heterocycles. The minimum absolute atomic E-state index is 0.0132. The Bertz CT molecular complexity index is 887. The summed E-state index contributed by atoms with van der Waals surface area (Å²) < 4.78 is 13.2. The summed E-state index contributed by atoms with van der Waals surface area (Å²) in [6.07, 6.45) is 6.36. The van der Waals surface area contributed by atoms with Crippen molar-refractivity contribution in [3.8, 4) is 11.8 Å². The van der Waals surface area contributed by atoms with Gasteiger partial charge in [0.2, 0.25) is 5.95 Å². The molecule has 0 spiro atoms. The summed E-state index contributed by atoms with van der Waals surface area (Å²) in [5, 5.41) is 0. The SMILES string of the molecule is CCN1C(=O)N(c2ncc(C#Cc3cccc(F)c3)cn2)[C@@H]2CCC[C@@H]21. The van der Waals surface area contributed by atoms with Crippen molar-refractivity contribution in [2.45, 2.75) is 38.3 Å². The predicted octanol–water partition coefficient (Wildman–Crippen LogP) is 3.20. The van der Waals surface area contributed by atoms with E-state index in [1.807, 2.05) is 11.8 Å². The van der Waals surface area contributed by atoms with Crippen molar-refractivity contribution in [3.05, 3.63) is 53.6 Å². The average Bonchev–Trinajstić information content (AvgIpc) is 3.20. The van der Waals surface area contributed by atoms with E-state index in [0.29, 0.717) is 23.6 Å². The Kier molecular flexibility index (Phi) is 4.29. The van der Waals surface area contributed by atoms with Crippen LogP contribution in [0.1, 0.15) is 37.3 Å². The van der Waals surface area contributed by atoms with Gasteiger partial charge in [-0.1, -0.05) is 17.9 Å². The fourth-order valence-corrected chi connectivity index (χ4v) is 3.83. The largest absolute Gasteiger partial charge is 0.327 e. The number of rotatable bonds is 2. The molecule has 1 aliphatic carbocycles. The molecule has 132 valence electrons. The van der Waals surface area contributed by atoms with Gasteiger partial charge in [-0.3, -0.25) is 4.90 Å². The Morgan fingerprint density at radius 2 is 1.88 bits per heavy atom. The van der Waals surface area contributed by atoms with E-state index in [-0.39, 0.29) is 23.9 Å². The zero-order valence-corrected chi connectivity index (χ0v) is 14.5. The van der Waals surface area contributed by atoms with Crippen LogP contribution in [0.15, 0.2) is 36.7 Å². The van der Waals surface area contributed by atoms with Crippen LogP contribution in [0.3, 0.4) is 0 Å². The molecule has 5 nitrogen and oxygen atoms in total. The molecule has 1 saturated heterocycles. The second-order valence-corrected chi connectivity index (χ2v) is 6.54. The molecule has 0 unspecified atom stereocenters. The van der Waals surface area contributed by atoms with Gasteiger partial charge >= 0.3 is 6.03 Å². The van der Waals surface area contributed by atoms with E-state index < -0.39 is 0 Å². The van der Waals surface area contributed by atoms with Crippen LogP contribution in [0.25, 0.3) is 0 Å².